The first-order valence-electron chi connectivity index (χ1n) is 17.3. The number of rotatable bonds is 8. The Hall–Kier alpha value is -3.60. The number of likely N-dealkylation sites (tertiary alicyclic amines) is 1. The van der Waals surface area contributed by atoms with Crippen molar-refractivity contribution in [3.63, 3.8) is 0 Å². The lowest BCUT2D eigenvalue weighted by molar-refractivity contribution is 0.0605. The number of piperidine rings is 2. The fourth-order valence-corrected chi connectivity index (χ4v) is 10.1. The molecular formula is C38H46FN5O3S. The number of benzene rings is 3. The standard InChI is InChI=1S/C38H46FN5O3S/c1-25-12-15-35(48(46,47)40-4)26(2)36(25)37(45)42-19-16-38(17-20-42,28-8-7-9-29(39)22-28)18-21-43-30-13-14-31(43)24-32(23-30)44-27(3)41-33-10-5-6-11-34(33)44/h5-12,15,22,30-32,40H,13-14,16-21,23-24H2,1-4H3/t30-,31+,32+. The number of hydrogen-bond donors (Lipinski definition) is 1. The van der Waals surface area contributed by atoms with E-state index >= 15 is 0 Å². The van der Waals surface area contributed by atoms with Crippen molar-refractivity contribution >= 4 is 27.0 Å². The second kappa shape index (κ2) is 12.7. The Bertz CT molecular complexity index is 1950. The molecule has 0 spiro atoms. The zero-order valence-electron chi connectivity index (χ0n) is 28.4. The number of carbonyl (C=O) groups excluding carboxylic acids is 1. The molecule has 0 radical (unpaired) electrons. The third kappa shape index (κ3) is 5.75. The summed E-state index contributed by atoms with van der Waals surface area (Å²) in [4.78, 5) is 23.5. The predicted molar refractivity (Wildman–Crippen MR) is 186 cm³/mol. The molecule has 3 fully saturated rings. The van der Waals surface area contributed by atoms with Crippen LogP contribution in [-0.4, -0.2) is 72.4 Å². The van der Waals surface area contributed by atoms with Crippen LogP contribution in [0.25, 0.3) is 11.0 Å². The van der Waals surface area contributed by atoms with E-state index in [4.69, 9.17) is 4.98 Å². The van der Waals surface area contributed by atoms with E-state index < -0.39 is 10.0 Å². The van der Waals surface area contributed by atoms with Gasteiger partial charge in [0.15, 0.2) is 0 Å². The van der Waals surface area contributed by atoms with Crippen molar-refractivity contribution in [2.24, 2.45) is 0 Å². The molecule has 3 aliphatic heterocycles. The van der Waals surface area contributed by atoms with E-state index in [1.165, 1.54) is 31.5 Å². The maximum Gasteiger partial charge on any atom is 0.254 e. The first kappa shape index (κ1) is 32.9. The fourth-order valence-electron chi connectivity index (χ4n) is 9.15. The Morgan fingerprint density at radius 2 is 1.67 bits per heavy atom. The Balaban J connectivity index is 1.09. The van der Waals surface area contributed by atoms with Crippen molar-refractivity contribution < 1.29 is 17.6 Å². The highest BCUT2D eigenvalue weighted by Crippen LogP contribution is 2.45. The summed E-state index contributed by atoms with van der Waals surface area (Å²) in [5, 5.41) is 0. The molecule has 4 aromatic rings. The van der Waals surface area contributed by atoms with Crippen LogP contribution in [0.4, 0.5) is 4.39 Å². The summed E-state index contributed by atoms with van der Waals surface area (Å²) >= 11 is 0. The lowest BCUT2D eigenvalue weighted by Crippen LogP contribution is -2.49. The van der Waals surface area contributed by atoms with E-state index in [-0.39, 0.29) is 22.0 Å². The van der Waals surface area contributed by atoms with Crippen molar-refractivity contribution in [1.29, 1.82) is 0 Å². The lowest BCUT2D eigenvalue weighted by Gasteiger charge is -2.46. The molecule has 0 aliphatic carbocycles. The number of hydrogen-bond acceptors (Lipinski definition) is 5. The highest BCUT2D eigenvalue weighted by atomic mass is 32.2. The molecule has 2 bridgehead atoms. The maximum absolute atomic E-state index is 14.7. The van der Waals surface area contributed by atoms with Gasteiger partial charge in [-0.1, -0.05) is 30.3 Å². The van der Waals surface area contributed by atoms with Crippen LogP contribution in [0.15, 0.2) is 65.6 Å². The third-order valence-corrected chi connectivity index (χ3v) is 13.2. The molecular weight excluding hydrogens is 626 g/mol. The number of carbonyl (C=O) groups is 1. The van der Waals surface area contributed by atoms with Crippen LogP contribution < -0.4 is 4.72 Å². The monoisotopic (exact) mass is 671 g/mol. The molecule has 3 saturated heterocycles. The molecule has 10 heteroatoms. The summed E-state index contributed by atoms with van der Waals surface area (Å²) in [5.74, 6) is 0.706. The van der Waals surface area contributed by atoms with Gasteiger partial charge in [0.25, 0.3) is 5.91 Å². The van der Waals surface area contributed by atoms with E-state index in [0.29, 0.717) is 42.3 Å². The van der Waals surface area contributed by atoms with Crippen LogP contribution in [0.5, 0.6) is 0 Å². The number of nitrogens with zero attached hydrogens (tertiary/aromatic N) is 4. The van der Waals surface area contributed by atoms with Gasteiger partial charge in [0.1, 0.15) is 11.6 Å². The van der Waals surface area contributed by atoms with Crippen molar-refractivity contribution in [3.8, 4) is 0 Å². The number of amides is 1. The molecule has 1 aromatic heterocycles. The molecule has 7 rings (SSSR count). The van der Waals surface area contributed by atoms with Crippen molar-refractivity contribution in [3.05, 3.63) is 94.6 Å². The highest BCUT2D eigenvalue weighted by molar-refractivity contribution is 7.89. The molecule has 0 saturated carbocycles. The lowest BCUT2D eigenvalue weighted by atomic mass is 9.70. The summed E-state index contributed by atoms with van der Waals surface area (Å²) in [5.41, 5.74) is 4.71. The van der Waals surface area contributed by atoms with Crippen LogP contribution in [0, 0.1) is 26.6 Å². The molecule has 8 nitrogen and oxygen atoms in total. The molecule has 4 heterocycles. The first-order valence-corrected chi connectivity index (χ1v) is 18.8. The number of aromatic nitrogens is 2. The molecule has 0 unspecified atom stereocenters. The predicted octanol–water partition coefficient (Wildman–Crippen LogP) is 6.44. The Labute approximate surface area is 283 Å². The SMILES string of the molecule is CNS(=O)(=O)c1ccc(C)c(C(=O)N2CCC(CCN3[C@@H]4CC[C@H]3C[C@@H](n3c(C)nc5ccccc53)C4)(c3cccc(F)c3)CC2)c1C. The van der Waals surface area contributed by atoms with Gasteiger partial charge < -0.3 is 9.47 Å². The minimum atomic E-state index is -3.71. The van der Waals surface area contributed by atoms with Gasteiger partial charge in [-0.2, -0.15) is 0 Å². The second-order valence-electron chi connectivity index (χ2n) is 14.2. The highest BCUT2D eigenvalue weighted by Gasteiger charge is 2.44. The quantitative estimate of drug-likeness (QED) is 0.233. The van der Waals surface area contributed by atoms with Crippen molar-refractivity contribution in [2.75, 3.05) is 26.7 Å². The summed E-state index contributed by atoms with van der Waals surface area (Å²) in [7, 11) is -2.33. The topological polar surface area (TPSA) is 87.5 Å². The number of halogens is 1. The van der Waals surface area contributed by atoms with E-state index in [1.54, 1.807) is 31.2 Å². The molecule has 1 amide bonds. The van der Waals surface area contributed by atoms with Gasteiger partial charge in [0, 0.05) is 36.8 Å². The zero-order valence-corrected chi connectivity index (χ0v) is 29.2. The average Bonchev–Trinajstić information content (AvgIpc) is 3.53. The number of fused-ring (bicyclic) bond motifs is 3. The minimum Gasteiger partial charge on any atom is -0.339 e. The number of nitrogens with one attached hydrogen (secondary N) is 1. The van der Waals surface area contributed by atoms with Crippen LogP contribution in [0.2, 0.25) is 0 Å². The largest absolute Gasteiger partial charge is 0.339 e. The average molecular weight is 672 g/mol. The Kier molecular flexibility index (Phi) is 8.71. The number of imidazole rings is 1. The molecule has 3 aliphatic rings. The second-order valence-corrected chi connectivity index (χ2v) is 16.0. The molecule has 254 valence electrons. The number of sulfonamides is 1. The molecule has 3 aromatic carbocycles. The minimum absolute atomic E-state index is 0.125. The van der Waals surface area contributed by atoms with Crippen LogP contribution in [0.3, 0.4) is 0 Å². The number of aryl methyl sites for hydroxylation is 2. The van der Waals surface area contributed by atoms with E-state index in [1.807, 2.05) is 11.8 Å². The van der Waals surface area contributed by atoms with Crippen molar-refractivity contribution in [2.45, 2.75) is 94.2 Å². The Morgan fingerprint density at radius 1 is 0.958 bits per heavy atom. The third-order valence-electron chi connectivity index (χ3n) is 11.7. The van der Waals surface area contributed by atoms with Crippen LogP contribution >= 0.6 is 0 Å². The summed E-state index contributed by atoms with van der Waals surface area (Å²) in [6.45, 7) is 7.68. The van der Waals surface area contributed by atoms with Gasteiger partial charge in [-0.05, 0) is 132 Å². The Morgan fingerprint density at radius 3 is 2.35 bits per heavy atom. The van der Waals surface area contributed by atoms with Gasteiger partial charge in [0.05, 0.1) is 15.9 Å². The van der Waals surface area contributed by atoms with Crippen LogP contribution in [0.1, 0.15) is 83.9 Å². The first-order chi connectivity index (χ1) is 23.0. The zero-order chi connectivity index (χ0) is 33.8. The smallest absolute Gasteiger partial charge is 0.254 e. The van der Waals surface area contributed by atoms with Gasteiger partial charge >= 0.3 is 0 Å². The molecule has 3 atom stereocenters. The number of para-hydroxylation sites is 2. The normalized spacial score (nSPS) is 22.8. The summed E-state index contributed by atoms with van der Waals surface area (Å²) < 4.78 is 44.9. The summed E-state index contributed by atoms with van der Waals surface area (Å²) in [6.07, 6.45) is 6.95. The van der Waals surface area contributed by atoms with Gasteiger partial charge in [-0.3, -0.25) is 9.69 Å². The van der Waals surface area contributed by atoms with Gasteiger partial charge in [-0.25, -0.2) is 22.5 Å². The molecule has 48 heavy (non-hydrogen) atoms. The van der Waals surface area contributed by atoms with E-state index in [2.05, 4.69) is 51.4 Å². The maximum atomic E-state index is 14.7. The van der Waals surface area contributed by atoms with Gasteiger partial charge in [0.2, 0.25) is 10.0 Å². The molecule has 1 N–H and O–H groups in total. The summed E-state index contributed by atoms with van der Waals surface area (Å²) in [6, 6.07) is 20.2. The van der Waals surface area contributed by atoms with Crippen LogP contribution in [-0.2, 0) is 15.4 Å². The van der Waals surface area contributed by atoms with Gasteiger partial charge in [-0.15, -0.1) is 0 Å². The van der Waals surface area contributed by atoms with E-state index in [0.717, 1.165) is 61.1 Å². The van der Waals surface area contributed by atoms with E-state index in [9.17, 15) is 17.6 Å². The fraction of sp³-hybridized carbons (Fsp3) is 0.474. The van der Waals surface area contributed by atoms with Crippen molar-refractivity contribution in [1.82, 2.24) is 24.1 Å².